The van der Waals surface area contributed by atoms with Gasteiger partial charge in [-0.1, -0.05) is 0 Å². The number of hydrogen-bond donors (Lipinski definition) is 0. The molecule has 4 rings (SSSR count). The van der Waals surface area contributed by atoms with E-state index < -0.39 is 5.82 Å². The molecule has 1 fully saturated rings. The van der Waals surface area contributed by atoms with E-state index >= 15 is 4.39 Å². The topological polar surface area (TPSA) is 60.4 Å². The molecular weight excluding hydrogens is 371 g/mol. The fourth-order valence-corrected chi connectivity index (χ4v) is 4.13. The average Bonchev–Trinajstić information content (AvgIpc) is 3.27. The molecule has 8 heteroatoms. The van der Waals surface area contributed by atoms with Gasteiger partial charge in [-0.05, 0) is 33.0 Å². The summed E-state index contributed by atoms with van der Waals surface area (Å²) in [5.74, 6) is -0.456. The lowest BCUT2D eigenvalue weighted by molar-refractivity contribution is 0.287. The monoisotopic (exact) mass is 396 g/mol. The van der Waals surface area contributed by atoms with Crippen LogP contribution in [0.25, 0.3) is 22.3 Å². The van der Waals surface area contributed by atoms with Crippen molar-refractivity contribution in [3.63, 3.8) is 0 Å². The highest BCUT2D eigenvalue weighted by molar-refractivity contribution is 6.06. The number of likely N-dealkylation sites (tertiary alicyclic amines) is 1. The molecule has 3 aromatic rings. The van der Waals surface area contributed by atoms with Crippen molar-refractivity contribution >= 4 is 22.3 Å². The van der Waals surface area contributed by atoms with Gasteiger partial charge in [-0.2, -0.15) is 5.10 Å². The number of likely N-dealkylation sites (N-methyl/N-ethyl adjacent to an activating group) is 1. The molecule has 7 nitrogen and oxygen atoms in total. The predicted octanol–water partition coefficient (Wildman–Crippen LogP) is 2.69. The molecule has 1 atom stereocenters. The van der Waals surface area contributed by atoms with E-state index in [0.29, 0.717) is 10.9 Å². The smallest absolute Gasteiger partial charge is 0.299 e. The largest absolute Gasteiger partial charge is 0.337 e. The molecule has 2 aromatic heterocycles. The van der Waals surface area contributed by atoms with Gasteiger partial charge in [-0.3, -0.25) is 23.7 Å². The minimum atomic E-state index is -0.456. The molecule has 1 aromatic carbocycles. The second kappa shape index (κ2) is 7.11. The van der Waals surface area contributed by atoms with Gasteiger partial charge in [0.1, 0.15) is 0 Å². The van der Waals surface area contributed by atoms with Gasteiger partial charge in [-0.15, -0.1) is 0 Å². The summed E-state index contributed by atoms with van der Waals surface area (Å²) in [5, 5.41) is 4.49. The summed E-state index contributed by atoms with van der Waals surface area (Å²) in [4.78, 5) is 19.9. The maximum Gasteiger partial charge on any atom is 0.337 e. The summed E-state index contributed by atoms with van der Waals surface area (Å²) < 4.78 is 19.6. The predicted molar refractivity (Wildman–Crippen MR) is 113 cm³/mol. The second-order valence-electron chi connectivity index (χ2n) is 7.50. The first-order valence-corrected chi connectivity index (χ1v) is 9.63. The molecule has 1 saturated heterocycles. The van der Waals surface area contributed by atoms with E-state index in [1.807, 2.05) is 6.92 Å². The van der Waals surface area contributed by atoms with Crippen LogP contribution in [-0.2, 0) is 7.05 Å². The minimum Gasteiger partial charge on any atom is -0.299 e. The second-order valence-corrected chi connectivity index (χ2v) is 7.50. The third-order valence-electron chi connectivity index (χ3n) is 5.99. The van der Waals surface area contributed by atoms with E-state index in [4.69, 9.17) is 0 Å². The maximum absolute atomic E-state index is 15.1. The Bertz CT molecular complexity index is 1210. The molecule has 0 aliphatic carbocycles. The van der Waals surface area contributed by atoms with Crippen LogP contribution in [-0.4, -0.2) is 56.2 Å². The van der Waals surface area contributed by atoms with Crippen molar-refractivity contribution in [2.75, 3.05) is 20.6 Å². The van der Waals surface area contributed by atoms with Gasteiger partial charge in [0, 0.05) is 62.5 Å². The Morgan fingerprint density at radius 2 is 2.03 bits per heavy atom. The molecule has 0 amide bonds. The van der Waals surface area contributed by atoms with Gasteiger partial charge >= 0.3 is 5.69 Å². The first-order chi connectivity index (χ1) is 13.8. The highest BCUT2D eigenvalue weighted by Gasteiger charge is 2.27. The zero-order chi connectivity index (χ0) is 20.9. The van der Waals surface area contributed by atoms with E-state index in [1.54, 1.807) is 47.9 Å². The van der Waals surface area contributed by atoms with Crippen LogP contribution in [0.1, 0.15) is 20.3 Å². The Morgan fingerprint density at radius 3 is 2.76 bits per heavy atom. The number of halogens is 1. The Balaban J connectivity index is 1.86. The van der Waals surface area contributed by atoms with Crippen LogP contribution in [0, 0.1) is 5.82 Å². The van der Waals surface area contributed by atoms with Gasteiger partial charge in [-0.25, -0.2) is 9.18 Å². The van der Waals surface area contributed by atoms with E-state index in [1.165, 1.54) is 10.8 Å². The van der Waals surface area contributed by atoms with Gasteiger partial charge in [0.05, 0.1) is 22.8 Å². The maximum atomic E-state index is 15.1. The summed E-state index contributed by atoms with van der Waals surface area (Å²) in [5.41, 5.74) is 3.45. The summed E-state index contributed by atoms with van der Waals surface area (Å²) in [6.07, 6.45) is 5.61. The normalized spacial score (nSPS) is 21.3. The number of allylic oxidation sites excluding steroid dienone is 1. The van der Waals surface area contributed by atoms with E-state index in [-0.39, 0.29) is 17.4 Å². The molecular formula is C21H25FN6O. The van der Waals surface area contributed by atoms with Crippen LogP contribution >= 0.6 is 0 Å². The first-order valence-electron chi connectivity index (χ1n) is 9.63. The molecule has 1 aliphatic rings. The van der Waals surface area contributed by atoms with E-state index in [9.17, 15) is 4.79 Å². The van der Waals surface area contributed by atoms with Crippen LogP contribution in [0.15, 0.2) is 46.1 Å². The van der Waals surface area contributed by atoms with Crippen LogP contribution < -0.4 is 5.69 Å². The lowest BCUT2D eigenvalue weighted by atomic mass is 9.93. The summed E-state index contributed by atoms with van der Waals surface area (Å²) in [7, 11) is 5.61. The highest BCUT2D eigenvalue weighted by atomic mass is 19.1. The highest BCUT2D eigenvalue weighted by Crippen LogP contribution is 2.26. The fraction of sp³-hybridized carbons (Fsp3) is 0.381. The van der Waals surface area contributed by atoms with Crippen molar-refractivity contribution in [2.24, 2.45) is 12.0 Å². The first kappa shape index (κ1) is 19.3. The lowest BCUT2D eigenvalue weighted by Crippen LogP contribution is -2.41. The molecule has 1 aliphatic heterocycles. The van der Waals surface area contributed by atoms with Crippen LogP contribution in [0.4, 0.5) is 4.39 Å². The van der Waals surface area contributed by atoms with Gasteiger partial charge in [0.15, 0.2) is 5.82 Å². The standard InChI is InChI=1S/C21H25FN6O/c1-13-19(16(23-3)8-9-25(13)4)14(2)27-10-11-28(21(27)29)18-7-6-17-15(20(18)22)12-24-26(17)5/h6-7,10-13H,8-9H2,1-5H3/b19-14+,23-16?/t13-/m0/s1. The molecule has 3 heterocycles. The molecule has 0 saturated carbocycles. The number of benzene rings is 1. The van der Waals surface area contributed by atoms with Crippen molar-refractivity contribution in [3.05, 3.63) is 52.6 Å². The molecule has 0 radical (unpaired) electrons. The van der Waals surface area contributed by atoms with Crippen LogP contribution in [0.5, 0.6) is 0 Å². The van der Waals surface area contributed by atoms with Gasteiger partial charge in [0.25, 0.3) is 0 Å². The van der Waals surface area contributed by atoms with Crippen LogP contribution in [0.2, 0.25) is 0 Å². The van der Waals surface area contributed by atoms with Crippen molar-refractivity contribution in [2.45, 2.75) is 26.3 Å². The number of aromatic nitrogens is 4. The quantitative estimate of drug-likeness (QED) is 0.669. The summed E-state index contributed by atoms with van der Waals surface area (Å²) in [6, 6.07) is 3.53. The van der Waals surface area contributed by atoms with E-state index in [2.05, 4.69) is 29.0 Å². The van der Waals surface area contributed by atoms with Crippen molar-refractivity contribution in [1.82, 2.24) is 23.8 Å². The number of nitrogens with zero attached hydrogens (tertiary/aromatic N) is 6. The average molecular weight is 396 g/mol. The van der Waals surface area contributed by atoms with Crippen LogP contribution in [0.3, 0.4) is 0 Å². The third kappa shape index (κ3) is 2.95. The Morgan fingerprint density at radius 1 is 1.28 bits per heavy atom. The fourth-order valence-electron chi connectivity index (χ4n) is 4.13. The molecule has 152 valence electrons. The van der Waals surface area contributed by atoms with Gasteiger partial charge in [0.2, 0.25) is 0 Å². The van der Waals surface area contributed by atoms with Crippen molar-refractivity contribution < 1.29 is 4.39 Å². The minimum absolute atomic E-state index is 0.140. The summed E-state index contributed by atoms with van der Waals surface area (Å²) in [6.45, 7) is 4.96. The Labute approximate surface area is 168 Å². The number of aryl methyl sites for hydroxylation is 1. The third-order valence-corrected chi connectivity index (χ3v) is 5.99. The molecule has 0 spiro atoms. The zero-order valence-corrected chi connectivity index (χ0v) is 17.3. The molecule has 0 N–H and O–H groups in total. The zero-order valence-electron chi connectivity index (χ0n) is 17.3. The molecule has 0 unspecified atom stereocenters. The van der Waals surface area contributed by atoms with E-state index in [0.717, 1.165) is 29.9 Å². The number of hydrogen-bond acceptors (Lipinski definition) is 4. The van der Waals surface area contributed by atoms with Crippen molar-refractivity contribution in [1.29, 1.82) is 0 Å². The van der Waals surface area contributed by atoms with Gasteiger partial charge < -0.3 is 0 Å². The molecule has 29 heavy (non-hydrogen) atoms. The lowest BCUT2D eigenvalue weighted by Gasteiger charge is -2.34. The summed E-state index contributed by atoms with van der Waals surface area (Å²) >= 11 is 0. The Hall–Kier alpha value is -3.00. The number of fused-ring (bicyclic) bond motifs is 1. The molecule has 0 bridgehead atoms. The number of rotatable bonds is 2. The number of imidazole rings is 1. The Kier molecular flexibility index (Phi) is 4.74. The SMILES string of the molecule is CN=C1CCN(C)[C@@H](C)/C1=C(/C)n1ccn(-c2ccc3c(cnn3C)c2F)c1=O. The number of aliphatic imine (C=N–C) groups is 1. The van der Waals surface area contributed by atoms with Crippen molar-refractivity contribution in [3.8, 4) is 5.69 Å². The number of piperidine rings is 1.